The fraction of sp³-hybridized carbons (Fsp3) is 0.387. The van der Waals surface area contributed by atoms with Gasteiger partial charge in [0.15, 0.2) is 6.61 Å². The van der Waals surface area contributed by atoms with Crippen LogP contribution in [0.2, 0.25) is 5.02 Å². The van der Waals surface area contributed by atoms with Gasteiger partial charge in [-0.3, -0.25) is 19.1 Å². The second-order valence-electron chi connectivity index (χ2n) is 9.99. The summed E-state index contributed by atoms with van der Waals surface area (Å²) in [4.78, 5) is 35.5. The van der Waals surface area contributed by atoms with Crippen LogP contribution in [0, 0.1) is 0 Å². The molecular formula is C31H37ClN4O4. The number of amides is 1. The fourth-order valence-electron chi connectivity index (χ4n) is 4.86. The predicted molar refractivity (Wildman–Crippen MR) is 159 cm³/mol. The van der Waals surface area contributed by atoms with Gasteiger partial charge in [-0.2, -0.15) is 0 Å². The molecule has 212 valence electrons. The lowest BCUT2D eigenvalue weighted by atomic mass is 10.1. The number of piperazine rings is 1. The van der Waals surface area contributed by atoms with E-state index in [1.165, 1.54) is 0 Å². The Morgan fingerprint density at radius 2 is 1.70 bits per heavy atom. The molecule has 2 aliphatic rings. The number of aromatic nitrogens is 2. The Kier molecular flexibility index (Phi) is 9.66. The molecule has 1 aromatic heterocycles. The van der Waals surface area contributed by atoms with Crippen molar-refractivity contribution in [2.24, 2.45) is 0 Å². The molecule has 2 heterocycles. The maximum absolute atomic E-state index is 13.8. The van der Waals surface area contributed by atoms with Gasteiger partial charge < -0.3 is 14.4 Å². The first-order chi connectivity index (χ1) is 18.9. The minimum atomic E-state index is -0.102. The summed E-state index contributed by atoms with van der Waals surface area (Å²) < 4.78 is 13.5. The van der Waals surface area contributed by atoms with Crippen LogP contribution in [-0.2, 0) is 16.1 Å². The van der Waals surface area contributed by atoms with E-state index in [-0.39, 0.29) is 31.6 Å². The first kappa shape index (κ1) is 29.4. The smallest absolute Gasteiger partial charge is 0.266 e. The molecule has 40 heavy (non-hydrogen) atoms. The summed E-state index contributed by atoms with van der Waals surface area (Å²) in [6, 6.07) is 14.4. The molecule has 0 radical (unpaired) electrons. The maximum Gasteiger partial charge on any atom is 0.266 e. The first-order valence-electron chi connectivity index (χ1n) is 13.4. The molecule has 0 saturated carbocycles. The SMILES string of the molecule is C.CC(C)OC1=CCCC=C1n1c(CN2CCN(C(=O)COc3ccc(Cl)cc3)CC2)nc2ccccc2c1=O. The van der Waals surface area contributed by atoms with Crippen LogP contribution in [-0.4, -0.2) is 64.1 Å². The summed E-state index contributed by atoms with van der Waals surface area (Å²) in [7, 11) is 0. The van der Waals surface area contributed by atoms with Crippen molar-refractivity contribution in [2.45, 2.75) is 46.8 Å². The van der Waals surface area contributed by atoms with E-state index in [0.29, 0.717) is 66.0 Å². The van der Waals surface area contributed by atoms with Crippen LogP contribution in [0.4, 0.5) is 0 Å². The molecule has 0 atom stereocenters. The van der Waals surface area contributed by atoms with Crippen molar-refractivity contribution in [3.8, 4) is 5.75 Å². The van der Waals surface area contributed by atoms with Gasteiger partial charge >= 0.3 is 0 Å². The Balaban J connectivity index is 0.00000370. The van der Waals surface area contributed by atoms with Crippen LogP contribution in [0.3, 0.4) is 0 Å². The number of allylic oxidation sites excluding steroid dienone is 3. The molecule has 1 aliphatic heterocycles. The second kappa shape index (κ2) is 13.2. The molecule has 1 fully saturated rings. The third-order valence-corrected chi connectivity index (χ3v) is 7.05. The predicted octanol–water partition coefficient (Wildman–Crippen LogP) is 5.35. The lowest BCUT2D eigenvalue weighted by Crippen LogP contribution is -2.50. The summed E-state index contributed by atoms with van der Waals surface area (Å²) in [6.07, 6.45) is 5.81. The van der Waals surface area contributed by atoms with Gasteiger partial charge in [-0.05, 0) is 69.2 Å². The van der Waals surface area contributed by atoms with Crippen LogP contribution in [0.1, 0.15) is 39.9 Å². The number of hydrogen-bond donors (Lipinski definition) is 0. The second-order valence-corrected chi connectivity index (χ2v) is 10.4. The van der Waals surface area contributed by atoms with Gasteiger partial charge in [0, 0.05) is 31.2 Å². The van der Waals surface area contributed by atoms with Crippen molar-refractivity contribution in [3.05, 3.63) is 87.6 Å². The molecule has 0 unspecified atom stereocenters. The number of benzene rings is 2. The zero-order valence-corrected chi connectivity index (χ0v) is 23.1. The highest BCUT2D eigenvalue weighted by atomic mass is 35.5. The molecule has 0 spiro atoms. The number of nitrogens with zero attached hydrogens (tertiary/aromatic N) is 4. The minimum absolute atomic E-state index is 0. The molecule has 1 amide bonds. The van der Waals surface area contributed by atoms with Gasteiger partial charge in [0.2, 0.25) is 0 Å². The molecule has 1 aliphatic carbocycles. The van der Waals surface area contributed by atoms with Crippen molar-refractivity contribution in [1.29, 1.82) is 0 Å². The van der Waals surface area contributed by atoms with Gasteiger partial charge in [-0.1, -0.05) is 37.2 Å². The summed E-state index contributed by atoms with van der Waals surface area (Å²) in [5.74, 6) is 1.93. The molecule has 0 N–H and O–H groups in total. The van der Waals surface area contributed by atoms with Gasteiger partial charge in [0.05, 0.1) is 29.2 Å². The molecule has 5 rings (SSSR count). The number of halogens is 1. The third kappa shape index (κ3) is 6.74. The van der Waals surface area contributed by atoms with Crippen molar-refractivity contribution in [2.75, 3.05) is 32.8 Å². The number of ether oxygens (including phenoxy) is 2. The van der Waals surface area contributed by atoms with E-state index < -0.39 is 0 Å². The lowest BCUT2D eigenvalue weighted by molar-refractivity contribution is -0.135. The lowest BCUT2D eigenvalue weighted by Gasteiger charge is -2.35. The molecule has 1 saturated heterocycles. The van der Waals surface area contributed by atoms with Crippen molar-refractivity contribution in [1.82, 2.24) is 19.4 Å². The third-order valence-electron chi connectivity index (χ3n) is 6.80. The molecule has 0 bridgehead atoms. The summed E-state index contributed by atoms with van der Waals surface area (Å²) in [6.45, 7) is 6.91. The normalized spacial score (nSPS) is 15.8. The van der Waals surface area contributed by atoms with Crippen LogP contribution in [0.25, 0.3) is 16.6 Å². The van der Waals surface area contributed by atoms with Gasteiger partial charge in [0.25, 0.3) is 11.5 Å². The van der Waals surface area contributed by atoms with E-state index in [0.717, 1.165) is 18.5 Å². The molecule has 2 aromatic carbocycles. The molecule has 8 nitrogen and oxygen atoms in total. The van der Waals surface area contributed by atoms with Crippen molar-refractivity contribution in [3.63, 3.8) is 0 Å². The van der Waals surface area contributed by atoms with E-state index >= 15 is 0 Å². The monoisotopic (exact) mass is 564 g/mol. The fourth-order valence-corrected chi connectivity index (χ4v) is 4.99. The van der Waals surface area contributed by atoms with Crippen LogP contribution >= 0.6 is 11.6 Å². The summed E-state index contributed by atoms with van der Waals surface area (Å²) in [5.41, 5.74) is 1.32. The van der Waals surface area contributed by atoms with Crippen LogP contribution in [0.5, 0.6) is 5.75 Å². The number of carbonyl (C=O) groups is 1. The average Bonchev–Trinajstić information content (AvgIpc) is 2.93. The molecule has 3 aromatic rings. The Morgan fingerprint density at radius 3 is 2.42 bits per heavy atom. The van der Waals surface area contributed by atoms with Gasteiger partial charge in [-0.15, -0.1) is 0 Å². The minimum Gasteiger partial charge on any atom is -0.489 e. The quantitative estimate of drug-likeness (QED) is 0.367. The van der Waals surface area contributed by atoms with E-state index in [4.69, 9.17) is 26.1 Å². The van der Waals surface area contributed by atoms with Crippen molar-refractivity contribution >= 4 is 34.1 Å². The van der Waals surface area contributed by atoms with Crippen molar-refractivity contribution < 1.29 is 14.3 Å². The Hall–Kier alpha value is -3.62. The standard InChI is InChI=1S/C30H33ClN4O4.CH4/c1-21(2)39-27-10-6-5-9-26(27)35-28(32-25-8-4-3-7-24(25)30(35)37)19-33-15-17-34(18-16-33)29(36)20-38-23-13-11-22(31)12-14-23;/h3-4,7-14,21H,5-6,15-20H2,1-2H3;1H4. The number of para-hydroxylation sites is 1. The Labute approximate surface area is 240 Å². The van der Waals surface area contributed by atoms with E-state index in [1.54, 1.807) is 28.8 Å². The first-order valence-corrected chi connectivity index (χ1v) is 13.7. The summed E-state index contributed by atoms with van der Waals surface area (Å²) >= 11 is 5.92. The number of fused-ring (bicyclic) bond motifs is 1. The van der Waals surface area contributed by atoms with Gasteiger partial charge in [-0.25, -0.2) is 4.98 Å². The molecular weight excluding hydrogens is 528 g/mol. The number of hydrogen-bond acceptors (Lipinski definition) is 6. The van der Waals surface area contributed by atoms with E-state index in [9.17, 15) is 9.59 Å². The number of rotatable bonds is 8. The molecule has 9 heteroatoms. The largest absolute Gasteiger partial charge is 0.489 e. The zero-order valence-electron chi connectivity index (χ0n) is 22.3. The van der Waals surface area contributed by atoms with Gasteiger partial charge in [0.1, 0.15) is 17.3 Å². The Morgan fingerprint density at radius 1 is 1.00 bits per heavy atom. The highest BCUT2D eigenvalue weighted by Crippen LogP contribution is 2.27. The number of carbonyl (C=O) groups excluding carboxylic acids is 1. The van der Waals surface area contributed by atoms with Crippen LogP contribution in [0.15, 0.2) is 71.2 Å². The zero-order chi connectivity index (χ0) is 27.4. The Bertz CT molecular complexity index is 1450. The topological polar surface area (TPSA) is 76.9 Å². The van der Waals surface area contributed by atoms with Crippen LogP contribution < -0.4 is 10.3 Å². The van der Waals surface area contributed by atoms with E-state index in [1.807, 2.05) is 43.0 Å². The highest BCUT2D eigenvalue weighted by Gasteiger charge is 2.25. The average molecular weight is 565 g/mol. The summed E-state index contributed by atoms with van der Waals surface area (Å²) in [5, 5.41) is 1.20. The maximum atomic E-state index is 13.8. The highest BCUT2D eigenvalue weighted by molar-refractivity contribution is 6.30. The van der Waals surface area contributed by atoms with E-state index in [2.05, 4.69) is 17.1 Å².